The molecule has 0 amide bonds. The Morgan fingerprint density at radius 2 is 1.56 bits per heavy atom. The summed E-state index contributed by atoms with van der Waals surface area (Å²) in [5.41, 5.74) is 5.44. The van der Waals surface area contributed by atoms with Gasteiger partial charge in [0, 0.05) is 0 Å². The second-order valence-corrected chi connectivity index (χ2v) is 4.61. The molecule has 0 atom stereocenters. The fourth-order valence-corrected chi connectivity index (χ4v) is 2.04. The SMILES string of the molecule is Cc1ccc(C(C)C)c(-c2ccccc2)c1. The van der Waals surface area contributed by atoms with E-state index >= 15 is 0 Å². The van der Waals surface area contributed by atoms with Crippen molar-refractivity contribution in [2.75, 3.05) is 0 Å². The zero-order chi connectivity index (χ0) is 11.5. The molecule has 16 heavy (non-hydrogen) atoms. The van der Waals surface area contributed by atoms with E-state index in [1.54, 1.807) is 0 Å². The third-order valence-corrected chi connectivity index (χ3v) is 2.92. The summed E-state index contributed by atoms with van der Waals surface area (Å²) in [7, 11) is 0. The van der Waals surface area contributed by atoms with Crippen molar-refractivity contribution in [1.82, 2.24) is 0 Å². The molecule has 0 heterocycles. The number of benzene rings is 2. The Bertz CT molecular complexity index is 467. The van der Waals surface area contributed by atoms with E-state index < -0.39 is 0 Å². The van der Waals surface area contributed by atoms with E-state index in [9.17, 15) is 0 Å². The van der Waals surface area contributed by atoms with Crippen molar-refractivity contribution in [2.45, 2.75) is 26.7 Å². The molecule has 0 aliphatic heterocycles. The van der Waals surface area contributed by atoms with Gasteiger partial charge in [-0.05, 0) is 29.5 Å². The Hall–Kier alpha value is -1.56. The van der Waals surface area contributed by atoms with E-state index in [2.05, 4.69) is 69.3 Å². The van der Waals surface area contributed by atoms with Crippen LogP contribution in [0.4, 0.5) is 0 Å². The smallest absolute Gasteiger partial charge is 0.0147 e. The monoisotopic (exact) mass is 210 g/mol. The molecule has 0 fully saturated rings. The Labute approximate surface area is 97.9 Å². The van der Waals surface area contributed by atoms with E-state index in [0.717, 1.165) is 0 Å². The van der Waals surface area contributed by atoms with Crippen LogP contribution in [-0.2, 0) is 0 Å². The largest absolute Gasteiger partial charge is 0.0622 e. The van der Waals surface area contributed by atoms with Crippen molar-refractivity contribution in [3.63, 3.8) is 0 Å². The molecule has 2 aromatic carbocycles. The first kappa shape index (κ1) is 10.9. The fourth-order valence-electron chi connectivity index (χ4n) is 2.04. The number of aryl methyl sites for hydroxylation is 1. The van der Waals surface area contributed by atoms with Gasteiger partial charge in [0.05, 0.1) is 0 Å². The highest BCUT2D eigenvalue weighted by atomic mass is 14.1. The Morgan fingerprint density at radius 3 is 2.19 bits per heavy atom. The van der Waals surface area contributed by atoms with Crippen molar-refractivity contribution in [1.29, 1.82) is 0 Å². The number of hydrogen-bond acceptors (Lipinski definition) is 0. The number of hydrogen-bond donors (Lipinski definition) is 0. The molecule has 0 aliphatic carbocycles. The van der Waals surface area contributed by atoms with Gasteiger partial charge in [-0.25, -0.2) is 0 Å². The average molecular weight is 210 g/mol. The predicted octanol–water partition coefficient (Wildman–Crippen LogP) is 4.79. The third-order valence-electron chi connectivity index (χ3n) is 2.92. The first-order valence-electron chi connectivity index (χ1n) is 5.84. The van der Waals surface area contributed by atoms with Crippen molar-refractivity contribution < 1.29 is 0 Å². The summed E-state index contributed by atoms with van der Waals surface area (Å²) >= 11 is 0. The van der Waals surface area contributed by atoms with Gasteiger partial charge in [-0.1, -0.05) is 67.9 Å². The van der Waals surface area contributed by atoms with Gasteiger partial charge in [0.2, 0.25) is 0 Å². The molecule has 82 valence electrons. The molecular formula is C16H18. The summed E-state index contributed by atoms with van der Waals surface area (Å²) in [6.07, 6.45) is 0. The lowest BCUT2D eigenvalue weighted by molar-refractivity contribution is 0.868. The van der Waals surface area contributed by atoms with E-state index in [1.807, 2.05) is 0 Å². The maximum atomic E-state index is 2.28. The topological polar surface area (TPSA) is 0 Å². The summed E-state index contributed by atoms with van der Waals surface area (Å²) in [5.74, 6) is 0.566. The fraction of sp³-hybridized carbons (Fsp3) is 0.250. The molecule has 0 unspecified atom stereocenters. The summed E-state index contributed by atoms with van der Waals surface area (Å²) < 4.78 is 0. The van der Waals surface area contributed by atoms with Gasteiger partial charge in [-0.2, -0.15) is 0 Å². The van der Waals surface area contributed by atoms with Crippen LogP contribution in [0.1, 0.15) is 30.9 Å². The normalized spacial score (nSPS) is 10.8. The minimum Gasteiger partial charge on any atom is -0.0622 e. The van der Waals surface area contributed by atoms with Crippen LogP contribution >= 0.6 is 0 Å². The first-order valence-corrected chi connectivity index (χ1v) is 5.84. The van der Waals surface area contributed by atoms with Crippen LogP contribution in [0.5, 0.6) is 0 Å². The molecule has 2 rings (SSSR count). The van der Waals surface area contributed by atoms with E-state index in [1.165, 1.54) is 22.3 Å². The van der Waals surface area contributed by atoms with E-state index in [4.69, 9.17) is 0 Å². The van der Waals surface area contributed by atoms with Crippen LogP contribution in [0.25, 0.3) is 11.1 Å². The van der Waals surface area contributed by atoms with Crippen LogP contribution < -0.4 is 0 Å². The summed E-state index contributed by atoms with van der Waals surface area (Å²) in [4.78, 5) is 0. The van der Waals surface area contributed by atoms with Gasteiger partial charge in [0.1, 0.15) is 0 Å². The van der Waals surface area contributed by atoms with E-state index in [0.29, 0.717) is 5.92 Å². The van der Waals surface area contributed by atoms with Crippen molar-refractivity contribution in [3.05, 3.63) is 59.7 Å². The molecule has 0 aromatic heterocycles. The molecular weight excluding hydrogens is 192 g/mol. The van der Waals surface area contributed by atoms with Gasteiger partial charge in [0.25, 0.3) is 0 Å². The Morgan fingerprint density at radius 1 is 0.875 bits per heavy atom. The van der Waals surface area contributed by atoms with Crippen LogP contribution in [0.15, 0.2) is 48.5 Å². The van der Waals surface area contributed by atoms with Gasteiger partial charge in [-0.3, -0.25) is 0 Å². The molecule has 2 aromatic rings. The Balaban J connectivity index is 2.58. The maximum absolute atomic E-state index is 2.28. The summed E-state index contributed by atoms with van der Waals surface area (Å²) in [5, 5.41) is 0. The summed E-state index contributed by atoms with van der Waals surface area (Å²) in [6.45, 7) is 6.64. The lowest BCUT2D eigenvalue weighted by Crippen LogP contribution is -1.93. The highest BCUT2D eigenvalue weighted by Gasteiger charge is 2.07. The average Bonchev–Trinajstić information content (AvgIpc) is 2.29. The second-order valence-electron chi connectivity index (χ2n) is 4.61. The molecule has 0 N–H and O–H groups in total. The van der Waals surface area contributed by atoms with Crippen molar-refractivity contribution >= 4 is 0 Å². The van der Waals surface area contributed by atoms with Gasteiger partial charge in [0.15, 0.2) is 0 Å². The second kappa shape index (κ2) is 4.52. The van der Waals surface area contributed by atoms with Crippen molar-refractivity contribution in [3.8, 4) is 11.1 Å². The molecule has 0 heteroatoms. The van der Waals surface area contributed by atoms with Crippen molar-refractivity contribution in [2.24, 2.45) is 0 Å². The first-order chi connectivity index (χ1) is 7.68. The van der Waals surface area contributed by atoms with Crippen LogP contribution in [0.3, 0.4) is 0 Å². The highest BCUT2D eigenvalue weighted by Crippen LogP contribution is 2.29. The molecule has 0 spiro atoms. The van der Waals surface area contributed by atoms with Crippen LogP contribution in [0, 0.1) is 6.92 Å². The Kier molecular flexibility index (Phi) is 3.09. The minimum atomic E-state index is 0.566. The number of rotatable bonds is 2. The van der Waals surface area contributed by atoms with Gasteiger partial charge < -0.3 is 0 Å². The molecule has 0 nitrogen and oxygen atoms in total. The molecule has 0 saturated carbocycles. The third kappa shape index (κ3) is 2.16. The summed E-state index contributed by atoms with van der Waals surface area (Å²) in [6, 6.07) is 17.4. The standard InChI is InChI=1S/C16H18/c1-12(2)15-10-9-13(3)11-16(15)14-7-5-4-6-8-14/h4-12H,1-3H3. The van der Waals surface area contributed by atoms with Gasteiger partial charge >= 0.3 is 0 Å². The zero-order valence-corrected chi connectivity index (χ0v) is 10.2. The molecule has 0 saturated heterocycles. The quantitative estimate of drug-likeness (QED) is 0.668. The molecule has 0 radical (unpaired) electrons. The lowest BCUT2D eigenvalue weighted by Gasteiger charge is -2.13. The van der Waals surface area contributed by atoms with Gasteiger partial charge in [-0.15, -0.1) is 0 Å². The molecule has 0 aliphatic rings. The van der Waals surface area contributed by atoms with Crippen LogP contribution in [0.2, 0.25) is 0 Å². The molecule has 0 bridgehead atoms. The van der Waals surface area contributed by atoms with Crippen LogP contribution in [-0.4, -0.2) is 0 Å². The zero-order valence-electron chi connectivity index (χ0n) is 10.2. The predicted molar refractivity (Wildman–Crippen MR) is 70.7 cm³/mol. The van der Waals surface area contributed by atoms with E-state index in [-0.39, 0.29) is 0 Å². The lowest BCUT2D eigenvalue weighted by atomic mass is 9.91. The highest BCUT2D eigenvalue weighted by molar-refractivity contribution is 5.68. The minimum absolute atomic E-state index is 0.566. The maximum Gasteiger partial charge on any atom is -0.0147 e.